The lowest BCUT2D eigenvalue weighted by Gasteiger charge is -2.08. The largest absolute Gasteiger partial charge is 0.494 e. The first-order chi connectivity index (χ1) is 17.5. The number of benzene rings is 1. The van der Waals surface area contributed by atoms with Gasteiger partial charge in [0, 0.05) is 17.5 Å². The fourth-order valence-corrected chi connectivity index (χ4v) is 6.17. The summed E-state index contributed by atoms with van der Waals surface area (Å²) in [5.74, 6) is 1.11. The highest BCUT2D eigenvalue weighted by Crippen LogP contribution is 2.38. The van der Waals surface area contributed by atoms with E-state index in [1.54, 1.807) is 0 Å². The van der Waals surface area contributed by atoms with Gasteiger partial charge in [-0.2, -0.15) is 0 Å². The Bertz CT molecular complexity index is 1200. The smallest absolute Gasteiger partial charge is 0.341 e. The molecule has 1 N–H and O–H groups in total. The predicted octanol–water partition coefficient (Wildman–Crippen LogP) is 5.51. The van der Waals surface area contributed by atoms with Crippen LogP contribution < -0.4 is 10.1 Å². The van der Waals surface area contributed by atoms with E-state index >= 15 is 0 Å². The Morgan fingerprint density at radius 2 is 1.92 bits per heavy atom. The van der Waals surface area contributed by atoms with Gasteiger partial charge in [-0.1, -0.05) is 31.5 Å². The number of nitrogens with one attached hydrogen (secondary N) is 1. The summed E-state index contributed by atoms with van der Waals surface area (Å²) in [6, 6.07) is 7.78. The minimum Gasteiger partial charge on any atom is -0.494 e. The van der Waals surface area contributed by atoms with E-state index in [0.717, 1.165) is 61.8 Å². The first-order valence-corrected chi connectivity index (χ1v) is 14.1. The Kier molecular flexibility index (Phi) is 9.03. The Labute approximate surface area is 219 Å². The molecule has 0 radical (unpaired) electrons. The van der Waals surface area contributed by atoms with Crippen LogP contribution in [0.5, 0.6) is 5.75 Å². The molecule has 2 heterocycles. The predicted molar refractivity (Wildman–Crippen MR) is 143 cm³/mol. The summed E-state index contributed by atoms with van der Waals surface area (Å²) in [5.41, 5.74) is 2.47. The number of hydrogen-bond acceptors (Lipinski definition) is 8. The summed E-state index contributed by atoms with van der Waals surface area (Å²) in [7, 11) is 3.26. The molecule has 0 aliphatic heterocycles. The Morgan fingerprint density at radius 3 is 2.67 bits per heavy atom. The third-order valence-corrected chi connectivity index (χ3v) is 8.34. The van der Waals surface area contributed by atoms with Crippen molar-refractivity contribution in [3.8, 4) is 17.1 Å². The molecule has 4 rings (SSSR count). The van der Waals surface area contributed by atoms with Crippen LogP contribution >= 0.6 is 23.1 Å². The Morgan fingerprint density at radius 1 is 1.14 bits per heavy atom. The van der Waals surface area contributed by atoms with E-state index in [1.165, 1.54) is 35.1 Å². The zero-order valence-corrected chi connectivity index (χ0v) is 22.6. The molecular formula is C26H32N4O4S2. The molecule has 0 bridgehead atoms. The lowest BCUT2D eigenvalue weighted by atomic mass is 10.1. The van der Waals surface area contributed by atoms with Crippen molar-refractivity contribution in [1.82, 2.24) is 14.8 Å². The molecule has 0 saturated heterocycles. The average Bonchev–Trinajstić information content (AvgIpc) is 3.33. The van der Waals surface area contributed by atoms with Gasteiger partial charge in [-0.15, -0.1) is 21.5 Å². The lowest BCUT2D eigenvalue weighted by Crippen LogP contribution is -2.16. The summed E-state index contributed by atoms with van der Waals surface area (Å²) in [4.78, 5) is 26.5. The Hall–Kier alpha value is -2.85. The third kappa shape index (κ3) is 6.10. The number of amides is 1. The average molecular weight is 529 g/mol. The monoisotopic (exact) mass is 528 g/mol. The summed E-state index contributed by atoms with van der Waals surface area (Å²) < 4.78 is 12.6. The highest BCUT2D eigenvalue weighted by molar-refractivity contribution is 7.99. The molecule has 0 saturated carbocycles. The van der Waals surface area contributed by atoms with Gasteiger partial charge in [0.2, 0.25) is 5.91 Å². The number of esters is 1. The maximum atomic E-state index is 12.8. The van der Waals surface area contributed by atoms with Crippen LogP contribution in [0.2, 0.25) is 0 Å². The van der Waals surface area contributed by atoms with Gasteiger partial charge >= 0.3 is 5.97 Å². The van der Waals surface area contributed by atoms with Crippen molar-refractivity contribution in [2.45, 2.75) is 57.0 Å². The summed E-state index contributed by atoms with van der Waals surface area (Å²) in [6.45, 7) is 2.84. The van der Waals surface area contributed by atoms with Crippen LogP contribution in [0.3, 0.4) is 0 Å². The number of anilines is 1. The standard InChI is InChI=1S/C26H32N4O4S2/c1-4-5-15-34-18-13-11-17(12-14-18)23-28-29-26(30(23)2)35-16-21(31)27-24-22(25(32)33-3)19-9-7-6-8-10-20(19)36-24/h11-14H,4-10,15-16H2,1-3H3,(H,27,31). The van der Waals surface area contributed by atoms with Crippen molar-refractivity contribution in [2.24, 2.45) is 7.05 Å². The number of thioether (sulfide) groups is 1. The van der Waals surface area contributed by atoms with Crippen LogP contribution in [0.1, 0.15) is 59.8 Å². The number of thiophene rings is 1. The maximum Gasteiger partial charge on any atom is 0.341 e. The molecule has 1 aromatic carbocycles. The van der Waals surface area contributed by atoms with E-state index in [9.17, 15) is 9.59 Å². The van der Waals surface area contributed by atoms with Gasteiger partial charge in [-0.05, 0) is 61.9 Å². The maximum absolute atomic E-state index is 12.8. The molecule has 8 nitrogen and oxygen atoms in total. The fourth-order valence-electron chi connectivity index (χ4n) is 4.17. The number of hydrogen-bond donors (Lipinski definition) is 1. The molecule has 3 aromatic rings. The van der Waals surface area contributed by atoms with E-state index < -0.39 is 5.97 Å². The number of ether oxygens (including phenoxy) is 2. The van der Waals surface area contributed by atoms with Gasteiger partial charge in [-0.25, -0.2) is 4.79 Å². The Balaban J connectivity index is 1.40. The molecule has 10 heteroatoms. The van der Waals surface area contributed by atoms with Crippen LogP contribution in [0.4, 0.5) is 5.00 Å². The first-order valence-electron chi connectivity index (χ1n) is 12.3. The topological polar surface area (TPSA) is 95.3 Å². The molecule has 0 atom stereocenters. The zero-order chi connectivity index (χ0) is 25.5. The quantitative estimate of drug-likeness (QED) is 0.160. The number of fused-ring (bicyclic) bond motifs is 1. The fraction of sp³-hybridized carbons (Fsp3) is 0.462. The molecule has 0 fully saturated rings. The van der Waals surface area contributed by atoms with Crippen molar-refractivity contribution in [1.29, 1.82) is 0 Å². The van der Waals surface area contributed by atoms with E-state index in [1.807, 2.05) is 35.9 Å². The zero-order valence-electron chi connectivity index (χ0n) is 21.0. The number of aromatic nitrogens is 3. The van der Waals surface area contributed by atoms with Crippen LogP contribution in [0.15, 0.2) is 29.4 Å². The minimum atomic E-state index is -0.392. The molecule has 2 aromatic heterocycles. The van der Waals surface area contributed by atoms with E-state index in [4.69, 9.17) is 9.47 Å². The normalized spacial score (nSPS) is 13.1. The van der Waals surface area contributed by atoms with Crippen LogP contribution in [0.25, 0.3) is 11.4 Å². The second kappa shape index (κ2) is 12.4. The highest BCUT2D eigenvalue weighted by Gasteiger charge is 2.26. The van der Waals surface area contributed by atoms with Gasteiger partial charge in [0.05, 0.1) is 25.0 Å². The van der Waals surface area contributed by atoms with Crippen molar-refractivity contribution in [3.05, 3.63) is 40.3 Å². The van der Waals surface area contributed by atoms with Gasteiger partial charge < -0.3 is 19.4 Å². The van der Waals surface area contributed by atoms with E-state index in [0.29, 0.717) is 28.2 Å². The number of methoxy groups -OCH3 is 1. The number of unbranched alkanes of at least 4 members (excludes halogenated alkanes) is 1. The number of carbonyl (C=O) groups excluding carboxylic acids is 2. The number of nitrogens with zero attached hydrogens (tertiary/aromatic N) is 3. The van der Waals surface area contributed by atoms with Gasteiger partial charge in [0.25, 0.3) is 0 Å². The molecule has 192 valence electrons. The first kappa shape index (κ1) is 26.2. The van der Waals surface area contributed by atoms with E-state index in [-0.39, 0.29) is 11.7 Å². The highest BCUT2D eigenvalue weighted by atomic mass is 32.2. The molecule has 36 heavy (non-hydrogen) atoms. The van der Waals surface area contributed by atoms with Crippen LogP contribution in [0, 0.1) is 0 Å². The number of rotatable bonds is 10. The van der Waals surface area contributed by atoms with Crippen molar-refractivity contribution in [2.75, 3.05) is 24.8 Å². The van der Waals surface area contributed by atoms with Gasteiger partial charge in [0.15, 0.2) is 11.0 Å². The van der Waals surface area contributed by atoms with Crippen molar-refractivity contribution < 1.29 is 19.1 Å². The number of aryl methyl sites for hydroxylation is 1. The van der Waals surface area contributed by atoms with Crippen molar-refractivity contribution >= 4 is 40.0 Å². The van der Waals surface area contributed by atoms with Crippen LogP contribution in [-0.2, 0) is 29.4 Å². The van der Waals surface area contributed by atoms with Crippen LogP contribution in [-0.4, -0.2) is 46.1 Å². The molecule has 0 spiro atoms. The van der Waals surface area contributed by atoms with Gasteiger partial charge in [-0.3, -0.25) is 4.79 Å². The molecule has 1 aliphatic carbocycles. The summed E-state index contributed by atoms with van der Waals surface area (Å²) >= 11 is 2.80. The summed E-state index contributed by atoms with van der Waals surface area (Å²) in [5, 5.41) is 12.8. The second-order valence-corrected chi connectivity index (χ2v) is 10.7. The minimum absolute atomic E-state index is 0.152. The third-order valence-electron chi connectivity index (χ3n) is 6.11. The molecule has 0 unspecified atom stereocenters. The van der Waals surface area contributed by atoms with E-state index in [2.05, 4.69) is 22.4 Å². The molecule has 1 aliphatic rings. The summed E-state index contributed by atoms with van der Waals surface area (Å²) in [6.07, 6.45) is 7.18. The van der Waals surface area contributed by atoms with Gasteiger partial charge in [0.1, 0.15) is 10.8 Å². The lowest BCUT2D eigenvalue weighted by molar-refractivity contribution is -0.113. The molecule has 1 amide bonds. The van der Waals surface area contributed by atoms with Crippen molar-refractivity contribution in [3.63, 3.8) is 0 Å². The number of carbonyl (C=O) groups is 2. The SMILES string of the molecule is CCCCOc1ccc(-c2nnc(SCC(=O)Nc3sc4c(c3C(=O)OC)CCCCC4)n2C)cc1. The second-order valence-electron chi connectivity index (χ2n) is 8.69. The molecular weight excluding hydrogens is 496 g/mol.